The van der Waals surface area contributed by atoms with Crippen LogP contribution in [0.25, 0.3) is 0 Å². The molecule has 5 heteroatoms. The number of thiazole rings is 1. The lowest BCUT2D eigenvalue weighted by Crippen LogP contribution is -2.53. The zero-order chi connectivity index (χ0) is 17.3. The van der Waals surface area contributed by atoms with E-state index in [1.54, 1.807) is 11.3 Å². The SMILES string of the molecule is Cc1nc(C(C)C)sc1[C@H](C)NCC(C)(C)C1(O)CCOCC1. The normalized spacial score (nSPS) is 20.0. The minimum absolute atomic E-state index is 0.190. The lowest BCUT2D eigenvalue weighted by Gasteiger charge is -2.45. The van der Waals surface area contributed by atoms with E-state index in [9.17, 15) is 5.11 Å². The first kappa shape index (κ1) is 18.8. The number of aliphatic hydroxyl groups is 1. The minimum Gasteiger partial charge on any atom is -0.389 e. The second-order valence-corrected chi connectivity index (χ2v) is 8.85. The molecule has 0 spiro atoms. The number of aryl methyl sites for hydroxylation is 1. The van der Waals surface area contributed by atoms with Gasteiger partial charge in [0.1, 0.15) is 0 Å². The monoisotopic (exact) mass is 340 g/mol. The molecule has 1 aromatic rings. The van der Waals surface area contributed by atoms with Crippen molar-refractivity contribution in [2.45, 2.75) is 71.9 Å². The van der Waals surface area contributed by atoms with Crippen molar-refractivity contribution in [2.24, 2.45) is 5.41 Å². The molecule has 0 radical (unpaired) electrons. The quantitative estimate of drug-likeness (QED) is 0.827. The molecule has 4 nitrogen and oxygen atoms in total. The molecule has 0 aromatic carbocycles. The van der Waals surface area contributed by atoms with Crippen molar-refractivity contribution in [2.75, 3.05) is 19.8 Å². The number of rotatable bonds is 6. The number of aromatic nitrogens is 1. The van der Waals surface area contributed by atoms with Gasteiger partial charge in [0.25, 0.3) is 0 Å². The zero-order valence-corrected chi connectivity index (χ0v) is 16.2. The predicted octanol–water partition coefficient (Wildman–Crippen LogP) is 3.79. The molecule has 132 valence electrons. The van der Waals surface area contributed by atoms with Gasteiger partial charge in [-0.1, -0.05) is 27.7 Å². The molecule has 1 aliphatic rings. The first-order valence-electron chi connectivity index (χ1n) is 8.67. The van der Waals surface area contributed by atoms with Crippen LogP contribution in [0.2, 0.25) is 0 Å². The molecule has 2 rings (SSSR count). The van der Waals surface area contributed by atoms with Gasteiger partial charge in [0.05, 0.1) is 16.3 Å². The molecule has 0 aliphatic carbocycles. The summed E-state index contributed by atoms with van der Waals surface area (Å²) in [6.07, 6.45) is 1.43. The van der Waals surface area contributed by atoms with Gasteiger partial charge in [-0.05, 0) is 13.8 Å². The third kappa shape index (κ3) is 4.13. The highest BCUT2D eigenvalue weighted by Crippen LogP contribution is 2.39. The maximum absolute atomic E-state index is 11.0. The average molecular weight is 341 g/mol. The summed E-state index contributed by atoms with van der Waals surface area (Å²) in [5, 5.41) is 15.8. The van der Waals surface area contributed by atoms with E-state index in [1.807, 2.05) is 0 Å². The van der Waals surface area contributed by atoms with Gasteiger partial charge >= 0.3 is 0 Å². The highest BCUT2D eigenvalue weighted by molar-refractivity contribution is 7.11. The Hall–Kier alpha value is -0.490. The van der Waals surface area contributed by atoms with E-state index in [2.05, 4.69) is 46.9 Å². The third-order valence-electron chi connectivity index (χ3n) is 5.17. The molecular formula is C18H32N2O2S. The summed E-state index contributed by atoms with van der Waals surface area (Å²) in [5.74, 6) is 0.471. The first-order chi connectivity index (χ1) is 10.7. The standard InChI is InChI=1S/C18H32N2O2S/c1-12(2)16-20-14(4)15(23-16)13(3)19-11-17(5,6)18(21)7-9-22-10-8-18/h12-13,19,21H,7-11H2,1-6H3/t13-/m0/s1. The van der Waals surface area contributed by atoms with E-state index in [1.165, 1.54) is 9.88 Å². The Balaban J connectivity index is 2.01. The lowest BCUT2D eigenvalue weighted by molar-refractivity contribution is -0.131. The summed E-state index contributed by atoms with van der Waals surface area (Å²) in [6.45, 7) is 15.0. The molecule has 0 unspecified atom stereocenters. The predicted molar refractivity (Wildman–Crippen MR) is 96.1 cm³/mol. The summed E-state index contributed by atoms with van der Waals surface area (Å²) in [5.41, 5.74) is 0.287. The van der Waals surface area contributed by atoms with Gasteiger partial charge in [-0.2, -0.15) is 0 Å². The molecule has 2 heterocycles. The molecule has 0 bridgehead atoms. The highest BCUT2D eigenvalue weighted by atomic mass is 32.1. The summed E-state index contributed by atoms with van der Waals surface area (Å²) >= 11 is 1.80. The summed E-state index contributed by atoms with van der Waals surface area (Å²) in [6, 6.07) is 0.253. The largest absolute Gasteiger partial charge is 0.389 e. The lowest BCUT2D eigenvalue weighted by atomic mass is 9.70. The van der Waals surface area contributed by atoms with E-state index < -0.39 is 5.60 Å². The van der Waals surface area contributed by atoms with Gasteiger partial charge in [-0.15, -0.1) is 11.3 Å². The van der Waals surface area contributed by atoms with Crippen LogP contribution in [0.3, 0.4) is 0 Å². The maximum atomic E-state index is 11.0. The van der Waals surface area contributed by atoms with E-state index in [0.717, 1.165) is 12.2 Å². The molecule has 1 aromatic heterocycles. The van der Waals surface area contributed by atoms with Crippen LogP contribution >= 0.6 is 11.3 Å². The van der Waals surface area contributed by atoms with Crippen molar-refractivity contribution >= 4 is 11.3 Å². The number of hydrogen-bond acceptors (Lipinski definition) is 5. The molecule has 1 saturated heterocycles. The Morgan fingerprint density at radius 1 is 1.30 bits per heavy atom. The second-order valence-electron chi connectivity index (χ2n) is 7.79. The number of hydrogen-bond donors (Lipinski definition) is 2. The second kappa shape index (κ2) is 7.18. The Morgan fingerprint density at radius 2 is 1.91 bits per heavy atom. The topological polar surface area (TPSA) is 54.4 Å². The molecule has 0 amide bonds. The molecule has 1 aliphatic heterocycles. The van der Waals surface area contributed by atoms with Crippen molar-refractivity contribution in [3.05, 3.63) is 15.6 Å². The fourth-order valence-corrected chi connectivity index (χ4v) is 4.23. The van der Waals surface area contributed by atoms with Crippen LogP contribution in [0, 0.1) is 12.3 Å². The Kier molecular flexibility index (Phi) is 5.88. The molecule has 0 saturated carbocycles. The molecule has 2 N–H and O–H groups in total. The van der Waals surface area contributed by atoms with Crippen LogP contribution in [0.1, 0.15) is 75.0 Å². The molecule has 23 heavy (non-hydrogen) atoms. The zero-order valence-electron chi connectivity index (χ0n) is 15.4. The third-order valence-corrected chi connectivity index (χ3v) is 6.81. The van der Waals surface area contributed by atoms with Crippen LogP contribution in [0.15, 0.2) is 0 Å². The molecular weight excluding hydrogens is 308 g/mol. The molecule has 1 fully saturated rings. The van der Waals surface area contributed by atoms with E-state index in [4.69, 9.17) is 9.72 Å². The van der Waals surface area contributed by atoms with Gasteiger partial charge in [-0.25, -0.2) is 4.98 Å². The van der Waals surface area contributed by atoms with Crippen molar-refractivity contribution in [3.63, 3.8) is 0 Å². The van der Waals surface area contributed by atoms with Crippen LogP contribution in [-0.4, -0.2) is 35.5 Å². The minimum atomic E-state index is -0.649. The first-order valence-corrected chi connectivity index (χ1v) is 9.49. The maximum Gasteiger partial charge on any atom is 0.0956 e. The van der Waals surface area contributed by atoms with E-state index in [-0.39, 0.29) is 11.5 Å². The molecule has 1 atom stereocenters. The summed E-state index contributed by atoms with van der Waals surface area (Å²) in [4.78, 5) is 6.00. The van der Waals surface area contributed by atoms with Crippen LogP contribution in [0.5, 0.6) is 0 Å². The van der Waals surface area contributed by atoms with Gasteiger partial charge in [0.15, 0.2) is 0 Å². The van der Waals surface area contributed by atoms with Gasteiger partial charge in [0, 0.05) is 54.9 Å². The van der Waals surface area contributed by atoms with Gasteiger partial charge < -0.3 is 15.2 Å². The van der Waals surface area contributed by atoms with Gasteiger partial charge in [-0.3, -0.25) is 0 Å². The Morgan fingerprint density at radius 3 is 2.43 bits per heavy atom. The Labute approximate surface area is 144 Å². The van der Waals surface area contributed by atoms with Crippen LogP contribution < -0.4 is 5.32 Å². The highest BCUT2D eigenvalue weighted by Gasteiger charge is 2.44. The van der Waals surface area contributed by atoms with Gasteiger partial charge in [0.2, 0.25) is 0 Å². The number of ether oxygens (including phenoxy) is 1. The summed E-state index contributed by atoms with van der Waals surface area (Å²) in [7, 11) is 0. The smallest absolute Gasteiger partial charge is 0.0956 e. The van der Waals surface area contributed by atoms with Crippen molar-refractivity contribution in [1.29, 1.82) is 0 Å². The fraction of sp³-hybridized carbons (Fsp3) is 0.833. The van der Waals surface area contributed by atoms with E-state index in [0.29, 0.717) is 32.0 Å². The van der Waals surface area contributed by atoms with Crippen molar-refractivity contribution in [3.8, 4) is 0 Å². The number of nitrogens with zero attached hydrogens (tertiary/aromatic N) is 1. The summed E-state index contributed by atoms with van der Waals surface area (Å²) < 4.78 is 5.41. The van der Waals surface area contributed by atoms with Crippen molar-refractivity contribution < 1.29 is 9.84 Å². The van der Waals surface area contributed by atoms with Crippen LogP contribution in [-0.2, 0) is 4.74 Å². The average Bonchev–Trinajstić information content (AvgIpc) is 2.88. The van der Waals surface area contributed by atoms with Crippen molar-refractivity contribution in [1.82, 2.24) is 10.3 Å². The number of nitrogens with one attached hydrogen (secondary N) is 1. The van der Waals surface area contributed by atoms with Crippen LogP contribution in [0.4, 0.5) is 0 Å². The van der Waals surface area contributed by atoms with E-state index >= 15 is 0 Å². The fourth-order valence-electron chi connectivity index (χ4n) is 3.13. The Bertz CT molecular complexity index is 519.